The van der Waals surface area contributed by atoms with Gasteiger partial charge in [-0.05, 0) is 56.8 Å². The van der Waals surface area contributed by atoms with E-state index in [1.165, 1.54) is 11.0 Å². The Morgan fingerprint density at radius 1 is 0.822 bits per heavy atom. The summed E-state index contributed by atoms with van der Waals surface area (Å²) < 4.78 is 0. The number of halogens is 2. The quantitative estimate of drug-likeness (QED) is 0.129. The van der Waals surface area contributed by atoms with Crippen LogP contribution in [0.4, 0.5) is 5.69 Å². The zero-order valence-electron chi connectivity index (χ0n) is 23.8. The van der Waals surface area contributed by atoms with Crippen molar-refractivity contribution < 1.29 is 14.4 Å². The highest BCUT2D eigenvalue weighted by Gasteiger charge is 2.68. The smallest absolute Gasteiger partial charge is 0.244 e. The number of imide groups is 1. The number of fused-ring (bicyclic) bond motifs is 1. The van der Waals surface area contributed by atoms with Gasteiger partial charge in [0.05, 0.1) is 34.4 Å². The van der Waals surface area contributed by atoms with Crippen LogP contribution < -0.4 is 10.3 Å². The number of hydrogen-bond donors (Lipinski definition) is 1. The van der Waals surface area contributed by atoms with E-state index < -0.39 is 17.3 Å². The van der Waals surface area contributed by atoms with Crippen molar-refractivity contribution in [2.75, 3.05) is 4.90 Å². The molecular weight excluding hydrogens is 605 g/mol. The third-order valence-corrected chi connectivity index (χ3v) is 10.1. The number of amides is 3. The van der Waals surface area contributed by atoms with Gasteiger partial charge in [0.25, 0.3) is 0 Å². The van der Waals surface area contributed by atoms with E-state index in [0.717, 1.165) is 38.6 Å². The number of benzene rings is 5. The Hall–Kier alpha value is -4.78. The van der Waals surface area contributed by atoms with Crippen LogP contribution >= 0.6 is 23.2 Å². The molecule has 0 spiro atoms. The van der Waals surface area contributed by atoms with Crippen LogP contribution in [-0.2, 0) is 26.2 Å². The van der Waals surface area contributed by atoms with Gasteiger partial charge >= 0.3 is 0 Å². The third kappa shape index (κ3) is 4.02. The molecule has 1 N–H and O–H groups in total. The van der Waals surface area contributed by atoms with Crippen molar-refractivity contribution in [1.29, 1.82) is 0 Å². The van der Waals surface area contributed by atoms with Crippen LogP contribution in [0, 0.1) is 11.8 Å². The molecule has 4 aliphatic rings. The Labute approximate surface area is 269 Å². The van der Waals surface area contributed by atoms with Crippen molar-refractivity contribution in [3.8, 4) is 0 Å². The summed E-state index contributed by atoms with van der Waals surface area (Å²) in [7, 11) is 0. The molecule has 5 aromatic carbocycles. The number of nitrogens with one attached hydrogen (secondary N) is 1. The highest BCUT2D eigenvalue weighted by atomic mass is 35.5. The summed E-state index contributed by atoms with van der Waals surface area (Å²) in [6.45, 7) is 0. The van der Waals surface area contributed by atoms with Gasteiger partial charge in [-0.2, -0.15) is 5.10 Å². The first-order chi connectivity index (χ1) is 21.9. The van der Waals surface area contributed by atoms with Crippen LogP contribution in [0.1, 0.15) is 33.7 Å². The normalized spacial score (nSPS) is 22.9. The lowest BCUT2D eigenvalue weighted by Crippen LogP contribution is -2.54. The van der Waals surface area contributed by atoms with Crippen molar-refractivity contribution in [2.24, 2.45) is 16.9 Å². The molecule has 8 heteroatoms. The SMILES string of the molecule is O=C(Cc1cccc2ccccc12)N/N=C\C12c3ccccc3C(c3ccccc31)[C@H]1C(=O)N(c3ccc(Cl)cc3Cl)C(=O)[C@H]12. The van der Waals surface area contributed by atoms with E-state index >= 15 is 0 Å². The molecule has 5 aromatic rings. The van der Waals surface area contributed by atoms with Gasteiger partial charge in [-0.3, -0.25) is 14.4 Å². The molecule has 3 aliphatic carbocycles. The van der Waals surface area contributed by atoms with Crippen molar-refractivity contribution >= 4 is 63.6 Å². The predicted octanol–water partition coefficient (Wildman–Crippen LogP) is 7.04. The van der Waals surface area contributed by atoms with Crippen molar-refractivity contribution in [2.45, 2.75) is 17.8 Å². The van der Waals surface area contributed by atoms with E-state index in [1.54, 1.807) is 18.3 Å². The molecule has 6 nitrogen and oxygen atoms in total. The van der Waals surface area contributed by atoms with E-state index in [2.05, 4.69) is 10.5 Å². The lowest BCUT2D eigenvalue weighted by Gasteiger charge is -2.52. The second-order valence-corrected chi connectivity index (χ2v) is 12.6. The van der Waals surface area contributed by atoms with Gasteiger partial charge in [-0.1, -0.05) is 114 Å². The van der Waals surface area contributed by atoms with E-state index in [1.807, 2.05) is 91.0 Å². The first-order valence-corrected chi connectivity index (χ1v) is 15.5. The number of carbonyl (C=O) groups excluding carboxylic acids is 3. The predicted molar refractivity (Wildman–Crippen MR) is 176 cm³/mol. The second kappa shape index (κ2) is 10.4. The molecule has 1 saturated heterocycles. The summed E-state index contributed by atoms with van der Waals surface area (Å²) in [5.74, 6) is -2.79. The lowest BCUT2D eigenvalue weighted by atomic mass is 9.47. The fourth-order valence-corrected chi connectivity index (χ4v) is 8.31. The Kier molecular flexibility index (Phi) is 6.41. The molecule has 220 valence electrons. The summed E-state index contributed by atoms with van der Waals surface area (Å²) in [6.07, 6.45) is 1.80. The fraction of sp³-hybridized carbons (Fsp3) is 0.135. The maximum absolute atomic E-state index is 14.5. The maximum atomic E-state index is 14.5. The number of hydrazone groups is 1. The minimum absolute atomic E-state index is 0.132. The molecule has 0 aromatic heterocycles. The monoisotopic (exact) mass is 629 g/mol. The van der Waals surface area contributed by atoms with Crippen LogP contribution in [-0.4, -0.2) is 23.9 Å². The second-order valence-electron chi connectivity index (χ2n) is 11.7. The number of hydrogen-bond acceptors (Lipinski definition) is 4. The van der Waals surface area contributed by atoms with Gasteiger partial charge in [-0.15, -0.1) is 0 Å². The average Bonchev–Trinajstić information content (AvgIpc) is 3.32. The molecule has 1 fully saturated rings. The van der Waals surface area contributed by atoms with Crippen molar-refractivity contribution in [3.63, 3.8) is 0 Å². The Morgan fingerprint density at radius 3 is 2.22 bits per heavy atom. The first-order valence-electron chi connectivity index (χ1n) is 14.7. The highest BCUT2D eigenvalue weighted by molar-refractivity contribution is 6.38. The minimum Gasteiger partial charge on any atom is -0.274 e. The summed E-state index contributed by atoms with van der Waals surface area (Å²) >= 11 is 12.7. The number of anilines is 1. The van der Waals surface area contributed by atoms with Crippen LogP contribution in [0.5, 0.6) is 0 Å². The molecule has 45 heavy (non-hydrogen) atoms. The molecule has 1 aliphatic heterocycles. The average molecular weight is 631 g/mol. The number of carbonyl (C=O) groups is 3. The van der Waals surface area contributed by atoms with Crippen LogP contribution in [0.15, 0.2) is 114 Å². The van der Waals surface area contributed by atoms with Crippen LogP contribution in [0.2, 0.25) is 10.0 Å². The van der Waals surface area contributed by atoms with Gasteiger partial charge in [0, 0.05) is 17.2 Å². The molecule has 0 unspecified atom stereocenters. The fourth-order valence-electron chi connectivity index (χ4n) is 7.82. The standard InChI is InChI=1S/C37H25Cl2N3O3/c38-23-16-17-30(29(39)19-23)42-35(44)33-32-25-12-3-5-14-27(25)37(34(33)36(42)45,28-15-6-4-13-26(28)32)20-40-41-31(43)18-22-10-7-9-21-8-1-2-11-24(21)22/h1-17,19-20,32-34H,18H2,(H,41,43)/b40-20-/t32?,33-,34+,37?/m1/s1. The minimum atomic E-state index is -1.11. The molecule has 0 saturated carbocycles. The Bertz CT molecular complexity index is 2060. The Morgan fingerprint density at radius 2 is 1.49 bits per heavy atom. The highest BCUT2D eigenvalue weighted by Crippen LogP contribution is 2.63. The largest absolute Gasteiger partial charge is 0.274 e. The van der Waals surface area contributed by atoms with E-state index in [0.29, 0.717) is 10.7 Å². The molecule has 3 amide bonds. The van der Waals surface area contributed by atoms with Crippen LogP contribution in [0.3, 0.4) is 0 Å². The first kappa shape index (κ1) is 27.7. The van der Waals surface area contributed by atoms with Gasteiger partial charge < -0.3 is 0 Å². The van der Waals surface area contributed by atoms with E-state index in [-0.39, 0.29) is 35.1 Å². The molecule has 9 rings (SSSR count). The molecule has 2 bridgehead atoms. The molecule has 0 radical (unpaired) electrons. The summed E-state index contributed by atoms with van der Waals surface area (Å²) in [4.78, 5) is 43.3. The van der Waals surface area contributed by atoms with E-state index in [9.17, 15) is 14.4 Å². The van der Waals surface area contributed by atoms with Crippen LogP contribution in [0.25, 0.3) is 10.8 Å². The number of rotatable bonds is 5. The molecule has 1 heterocycles. The lowest BCUT2D eigenvalue weighted by molar-refractivity contribution is -0.123. The third-order valence-electron chi connectivity index (χ3n) is 9.52. The topological polar surface area (TPSA) is 78.8 Å². The summed E-state index contributed by atoms with van der Waals surface area (Å²) in [5, 5.41) is 7.21. The zero-order valence-corrected chi connectivity index (χ0v) is 25.3. The van der Waals surface area contributed by atoms with Gasteiger partial charge in [0.1, 0.15) is 0 Å². The van der Waals surface area contributed by atoms with E-state index in [4.69, 9.17) is 23.2 Å². The van der Waals surface area contributed by atoms with Gasteiger partial charge in [-0.25, -0.2) is 10.3 Å². The van der Waals surface area contributed by atoms with Gasteiger partial charge in [0.15, 0.2) is 0 Å². The zero-order chi connectivity index (χ0) is 30.9. The Balaban J connectivity index is 1.23. The maximum Gasteiger partial charge on any atom is 0.244 e. The van der Waals surface area contributed by atoms with Gasteiger partial charge in [0.2, 0.25) is 17.7 Å². The number of nitrogens with zero attached hydrogens (tertiary/aromatic N) is 2. The van der Waals surface area contributed by atoms with Crippen molar-refractivity contribution in [1.82, 2.24) is 5.43 Å². The molecular formula is C37H25Cl2N3O3. The van der Waals surface area contributed by atoms with Crippen molar-refractivity contribution in [3.05, 3.63) is 147 Å². The summed E-state index contributed by atoms with van der Waals surface area (Å²) in [6, 6.07) is 34.3. The summed E-state index contributed by atoms with van der Waals surface area (Å²) in [5.41, 5.74) is 6.54. The molecule has 2 atom stereocenters.